The molecule has 9 heteroatoms. The largest absolute Gasteiger partial charge is 0.340 e. The first-order valence-corrected chi connectivity index (χ1v) is 13.0. The topological polar surface area (TPSA) is 88.3 Å². The van der Waals surface area contributed by atoms with Crippen molar-refractivity contribution >= 4 is 17.8 Å². The van der Waals surface area contributed by atoms with Crippen LogP contribution in [0.1, 0.15) is 28.9 Å². The second kappa shape index (κ2) is 11.4. The molecule has 1 fully saturated rings. The average molecular weight is 512 g/mol. The molecule has 1 N–H and O–H groups in total. The zero-order valence-electron chi connectivity index (χ0n) is 21.9. The summed E-state index contributed by atoms with van der Waals surface area (Å²) in [6.07, 6.45) is 7.48. The van der Waals surface area contributed by atoms with Crippen molar-refractivity contribution in [2.75, 3.05) is 38.5 Å². The molecule has 0 unspecified atom stereocenters. The van der Waals surface area contributed by atoms with E-state index in [1.165, 1.54) is 0 Å². The van der Waals surface area contributed by atoms with Gasteiger partial charge in [0.15, 0.2) is 0 Å². The Hall–Kier alpha value is -4.24. The summed E-state index contributed by atoms with van der Waals surface area (Å²) >= 11 is 0. The number of anilines is 1. The third kappa shape index (κ3) is 6.00. The van der Waals surface area contributed by atoms with Crippen molar-refractivity contribution in [3.63, 3.8) is 0 Å². The fraction of sp³-hybridized carbons (Fsp3) is 0.310. The normalized spacial score (nSPS) is 14.0. The van der Waals surface area contributed by atoms with Crippen molar-refractivity contribution in [3.8, 4) is 16.8 Å². The van der Waals surface area contributed by atoms with Gasteiger partial charge in [-0.1, -0.05) is 30.3 Å². The van der Waals surface area contributed by atoms with Gasteiger partial charge in [0.05, 0.1) is 11.9 Å². The van der Waals surface area contributed by atoms with Crippen LogP contribution in [0, 0.1) is 0 Å². The van der Waals surface area contributed by atoms with Crippen molar-refractivity contribution in [1.82, 2.24) is 29.1 Å². The van der Waals surface area contributed by atoms with Crippen LogP contribution in [0.3, 0.4) is 0 Å². The number of aromatic nitrogens is 4. The Kier molecular flexibility index (Phi) is 7.65. The number of para-hydroxylation sites is 1. The van der Waals surface area contributed by atoms with Crippen LogP contribution in [-0.4, -0.2) is 74.2 Å². The fourth-order valence-electron chi connectivity index (χ4n) is 4.64. The number of hydrogen-bond acceptors (Lipinski definition) is 5. The minimum absolute atomic E-state index is 0.197. The van der Waals surface area contributed by atoms with Gasteiger partial charge >= 0.3 is 0 Å². The lowest BCUT2D eigenvalue weighted by Gasteiger charge is -2.32. The maximum absolute atomic E-state index is 13.3. The molecule has 0 aliphatic carbocycles. The fourth-order valence-corrected chi connectivity index (χ4v) is 4.64. The molecule has 0 radical (unpaired) electrons. The summed E-state index contributed by atoms with van der Waals surface area (Å²) in [5, 5.41) is 7.22. The number of piperazine rings is 1. The van der Waals surface area contributed by atoms with Gasteiger partial charge in [-0.05, 0) is 49.7 Å². The number of likely N-dealkylation sites (N-methyl/N-ethyl adjacent to an activating group) is 1. The molecule has 1 aliphatic heterocycles. The van der Waals surface area contributed by atoms with Gasteiger partial charge in [0, 0.05) is 68.9 Å². The quantitative estimate of drug-likeness (QED) is 0.390. The number of amides is 2. The van der Waals surface area contributed by atoms with E-state index in [0.29, 0.717) is 30.8 Å². The van der Waals surface area contributed by atoms with Crippen LogP contribution < -0.4 is 5.32 Å². The Labute approximate surface area is 222 Å². The summed E-state index contributed by atoms with van der Waals surface area (Å²) in [7, 11) is 3.95. The molecule has 2 aromatic carbocycles. The number of rotatable bonds is 8. The first-order chi connectivity index (χ1) is 18.5. The average Bonchev–Trinajstić information content (AvgIpc) is 3.55. The van der Waals surface area contributed by atoms with Crippen molar-refractivity contribution in [2.45, 2.75) is 19.3 Å². The third-order valence-electron chi connectivity index (χ3n) is 6.86. The van der Waals surface area contributed by atoms with Gasteiger partial charge in [-0.2, -0.15) is 5.10 Å². The number of aryl methyl sites for hydroxylation is 2. The van der Waals surface area contributed by atoms with Gasteiger partial charge in [-0.15, -0.1) is 0 Å². The Morgan fingerprint density at radius 3 is 2.45 bits per heavy atom. The van der Waals surface area contributed by atoms with Crippen molar-refractivity contribution in [1.29, 1.82) is 0 Å². The molecule has 5 rings (SSSR count). The molecule has 3 heterocycles. The van der Waals surface area contributed by atoms with Crippen LogP contribution in [0.2, 0.25) is 0 Å². The van der Waals surface area contributed by atoms with E-state index < -0.39 is 0 Å². The van der Waals surface area contributed by atoms with Gasteiger partial charge in [-0.3, -0.25) is 24.2 Å². The molecule has 9 nitrogen and oxygen atoms in total. The Morgan fingerprint density at radius 1 is 0.921 bits per heavy atom. The number of carbonyl (C=O) groups is 2. The van der Waals surface area contributed by atoms with Crippen molar-refractivity contribution in [3.05, 3.63) is 84.4 Å². The number of nitrogens with zero attached hydrogens (tertiary/aromatic N) is 6. The lowest BCUT2D eigenvalue weighted by Crippen LogP contribution is -2.47. The van der Waals surface area contributed by atoms with Crippen LogP contribution in [0.25, 0.3) is 16.8 Å². The van der Waals surface area contributed by atoms with E-state index in [1.807, 2.05) is 77.4 Å². The van der Waals surface area contributed by atoms with Crippen LogP contribution >= 0.6 is 0 Å². The van der Waals surface area contributed by atoms with Gasteiger partial charge in [0.1, 0.15) is 0 Å². The SMILES string of the molecule is CN1CCN(C(=O)CCCc2cn(-c3ccccc3)c(NC(=O)c3cccc(-c4cnn(C)c4)c3)n2)CC1. The Morgan fingerprint density at radius 2 is 1.71 bits per heavy atom. The monoisotopic (exact) mass is 511 g/mol. The molecule has 0 spiro atoms. The molecule has 0 bridgehead atoms. The molecule has 2 aromatic heterocycles. The number of hydrogen-bond donors (Lipinski definition) is 1. The number of imidazole rings is 1. The summed E-state index contributed by atoms with van der Waals surface area (Å²) < 4.78 is 3.62. The molecule has 4 aromatic rings. The maximum atomic E-state index is 13.3. The van der Waals surface area contributed by atoms with E-state index in [0.717, 1.165) is 48.7 Å². The van der Waals surface area contributed by atoms with E-state index in [1.54, 1.807) is 16.9 Å². The maximum Gasteiger partial charge on any atom is 0.258 e. The summed E-state index contributed by atoms with van der Waals surface area (Å²) in [4.78, 5) is 34.8. The lowest BCUT2D eigenvalue weighted by atomic mass is 10.1. The molecule has 1 aliphatic rings. The molecule has 196 valence electrons. The lowest BCUT2D eigenvalue weighted by molar-refractivity contribution is -0.132. The van der Waals surface area contributed by atoms with Gasteiger partial charge in [0.2, 0.25) is 11.9 Å². The van der Waals surface area contributed by atoms with E-state index in [9.17, 15) is 9.59 Å². The third-order valence-corrected chi connectivity index (χ3v) is 6.86. The Balaban J connectivity index is 1.29. The molecule has 2 amide bonds. The second-order valence-electron chi connectivity index (χ2n) is 9.74. The minimum atomic E-state index is -0.240. The number of benzene rings is 2. The second-order valence-corrected chi connectivity index (χ2v) is 9.74. The molecular weight excluding hydrogens is 478 g/mol. The molecule has 0 atom stereocenters. The predicted octanol–water partition coefficient (Wildman–Crippen LogP) is 3.62. The minimum Gasteiger partial charge on any atom is -0.340 e. The molecule has 1 saturated heterocycles. The van der Waals surface area contributed by atoms with Crippen molar-refractivity contribution < 1.29 is 9.59 Å². The zero-order chi connectivity index (χ0) is 26.5. The smallest absolute Gasteiger partial charge is 0.258 e. The van der Waals surface area contributed by atoms with E-state index in [-0.39, 0.29) is 11.8 Å². The summed E-state index contributed by atoms with van der Waals surface area (Å²) in [5.74, 6) is 0.409. The Bertz CT molecular complexity index is 1400. The molecule has 38 heavy (non-hydrogen) atoms. The predicted molar refractivity (Wildman–Crippen MR) is 147 cm³/mol. The van der Waals surface area contributed by atoms with Crippen LogP contribution in [0.4, 0.5) is 5.95 Å². The van der Waals surface area contributed by atoms with Crippen LogP contribution in [0.15, 0.2) is 73.2 Å². The van der Waals surface area contributed by atoms with Crippen LogP contribution in [-0.2, 0) is 18.3 Å². The standard InChI is InChI=1S/C29H33N7O2/c1-33-14-16-35(17-15-33)27(37)13-7-10-25-21-36(26-11-4-3-5-12-26)29(31-25)32-28(38)23-9-6-8-22(18-23)24-19-30-34(2)20-24/h3-6,8-9,11-12,18-21H,7,10,13-17H2,1-2H3,(H,31,32,38). The summed E-state index contributed by atoms with van der Waals surface area (Å²) in [5.41, 5.74) is 4.14. The highest BCUT2D eigenvalue weighted by Gasteiger charge is 2.19. The molecular formula is C29H33N7O2. The zero-order valence-corrected chi connectivity index (χ0v) is 21.9. The summed E-state index contributed by atoms with van der Waals surface area (Å²) in [6, 6.07) is 17.3. The van der Waals surface area contributed by atoms with Crippen molar-refractivity contribution in [2.24, 2.45) is 7.05 Å². The van der Waals surface area contributed by atoms with Gasteiger partial charge in [0.25, 0.3) is 5.91 Å². The highest BCUT2D eigenvalue weighted by Crippen LogP contribution is 2.22. The first-order valence-electron chi connectivity index (χ1n) is 13.0. The summed E-state index contributed by atoms with van der Waals surface area (Å²) in [6.45, 7) is 3.41. The number of carbonyl (C=O) groups excluding carboxylic acids is 2. The van der Waals surface area contributed by atoms with Crippen LogP contribution in [0.5, 0.6) is 0 Å². The highest BCUT2D eigenvalue weighted by molar-refractivity contribution is 6.04. The highest BCUT2D eigenvalue weighted by atomic mass is 16.2. The van der Waals surface area contributed by atoms with E-state index in [2.05, 4.69) is 22.4 Å². The van der Waals surface area contributed by atoms with E-state index >= 15 is 0 Å². The van der Waals surface area contributed by atoms with E-state index in [4.69, 9.17) is 4.98 Å². The van der Waals surface area contributed by atoms with Gasteiger partial charge in [-0.25, -0.2) is 4.98 Å². The van der Waals surface area contributed by atoms with Gasteiger partial charge < -0.3 is 9.80 Å². The first kappa shape index (κ1) is 25.4. The number of nitrogens with one attached hydrogen (secondary N) is 1. The molecule has 0 saturated carbocycles.